The zero-order chi connectivity index (χ0) is 17.2. The number of carbonyl (C=O) groups is 2. The first kappa shape index (κ1) is 17.0. The van der Waals surface area contributed by atoms with E-state index in [0.29, 0.717) is 30.1 Å². The van der Waals surface area contributed by atoms with E-state index in [1.165, 1.54) is 0 Å². The molecule has 1 saturated heterocycles. The molecule has 0 atom stereocenters. The fraction of sp³-hybridized carbons (Fsp3) is 0.471. The second kappa shape index (κ2) is 6.40. The topological polar surface area (TPSA) is 68.2 Å². The highest BCUT2D eigenvalue weighted by Gasteiger charge is 2.59. The van der Waals surface area contributed by atoms with Gasteiger partial charge >= 0.3 is 0 Å². The molecule has 0 bridgehead atoms. The van der Waals surface area contributed by atoms with Gasteiger partial charge in [-0.25, -0.2) is 0 Å². The SMILES string of the molecule is CCC1(CC)C(=O)N(/N=C(\C)c2ccc(OC)c(OC)c2)C1=O. The molecule has 1 fully saturated rings. The van der Waals surface area contributed by atoms with Gasteiger partial charge in [-0.2, -0.15) is 10.1 Å². The molecule has 124 valence electrons. The van der Waals surface area contributed by atoms with E-state index in [2.05, 4.69) is 5.10 Å². The predicted molar refractivity (Wildman–Crippen MR) is 86.6 cm³/mol. The Labute approximate surface area is 136 Å². The summed E-state index contributed by atoms with van der Waals surface area (Å²) in [6, 6.07) is 5.33. The molecule has 1 heterocycles. The summed E-state index contributed by atoms with van der Waals surface area (Å²) in [6.07, 6.45) is 1.01. The Bertz CT molecular complexity index is 645. The van der Waals surface area contributed by atoms with Gasteiger partial charge in [-0.05, 0) is 38.0 Å². The molecule has 0 aliphatic carbocycles. The summed E-state index contributed by atoms with van der Waals surface area (Å²) in [5.41, 5.74) is 0.434. The lowest BCUT2D eigenvalue weighted by Crippen LogP contribution is -2.63. The highest BCUT2D eigenvalue weighted by atomic mass is 16.5. The number of β-lactam (4-membered cyclic amide) rings is 2. The van der Waals surface area contributed by atoms with Crippen LogP contribution in [0.25, 0.3) is 0 Å². The van der Waals surface area contributed by atoms with Gasteiger partial charge in [-0.3, -0.25) is 9.59 Å². The molecular formula is C17H22N2O4. The Hall–Kier alpha value is -2.37. The summed E-state index contributed by atoms with van der Waals surface area (Å²) in [7, 11) is 3.11. The van der Waals surface area contributed by atoms with E-state index in [1.54, 1.807) is 33.3 Å². The number of hydrogen-bond donors (Lipinski definition) is 0. The number of methoxy groups -OCH3 is 2. The van der Waals surface area contributed by atoms with E-state index in [-0.39, 0.29) is 11.8 Å². The third kappa shape index (κ3) is 2.58. The van der Waals surface area contributed by atoms with Crippen molar-refractivity contribution in [3.63, 3.8) is 0 Å². The van der Waals surface area contributed by atoms with Gasteiger partial charge in [-0.15, -0.1) is 0 Å². The fourth-order valence-electron chi connectivity index (χ4n) is 2.75. The first-order chi connectivity index (χ1) is 10.9. The second-order valence-electron chi connectivity index (χ2n) is 5.47. The lowest BCUT2D eigenvalue weighted by molar-refractivity contribution is -0.177. The Kier molecular flexibility index (Phi) is 4.73. The van der Waals surface area contributed by atoms with Gasteiger partial charge in [0.05, 0.1) is 19.9 Å². The lowest BCUT2D eigenvalue weighted by Gasteiger charge is -2.42. The number of rotatable bonds is 6. The molecule has 0 unspecified atom stereocenters. The molecule has 1 aromatic rings. The summed E-state index contributed by atoms with van der Waals surface area (Å²) in [4.78, 5) is 24.6. The van der Waals surface area contributed by atoms with E-state index in [9.17, 15) is 9.59 Å². The summed E-state index contributed by atoms with van der Waals surface area (Å²) in [6.45, 7) is 5.45. The van der Waals surface area contributed by atoms with Crippen molar-refractivity contribution in [1.29, 1.82) is 0 Å². The molecule has 0 radical (unpaired) electrons. The zero-order valence-corrected chi connectivity index (χ0v) is 14.2. The minimum atomic E-state index is -0.888. The second-order valence-corrected chi connectivity index (χ2v) is 5.47. The molecule has 23 heavy (non-hydrogen) atoms. The molecule has 0 spiro atoms. The summed E-state index contributed by atoms with van der Waals surface area (Å²) >= 11 is 0. The van der Waals surface area contributed by atoms with Crippen LogP contribution in [0.2, 0.25) is 0 Å². The Morgan fingerprint density at radius 1 is 1.09 bits per heavy atom. The van der Waals surface area contributed by atoms with E-state index in [0.717, 1.165) is 10.6 Å². The van der Waals surface area contributed by atoms with Crippen molar-refractivity contribution >= 4 is 17.5 Å². The summed E-state index contributed by atoms with van der Waals surface area (Å²) < 4.78 is 10.4. The van der Waals surface area contributed by atoms with E-state index >= 15 is 0 Å². The van der Waals surface area contributed by atoms with E-state index in [1.807, 2.05) is 19.9 Å². The molecule has 1 aromatic carbocycles. The first-order valence-corrected chi connectivity index (χ1v) is 7.61. The first-order valence-electron chi connectivity index (χ1n) is 7.61. The van der Waals surface area contributed by atoms with Crippen LogP contribution in [0.1, 0.15) is 39.2 Å². The number of ether oxygens (including phenoxy) is 2. The maximum atomic E-state index is 12.3. The Morgan fingerprint density at radius 2 is 1.65 bits per heavy atom. The van der Waals surface area contributed by atoms with Crippen LogP contribution >= 0.6 is 0 Å². The Balaban J connectivity index is 2.28. The van der Waals surface area contributed by atoms with Crippen molar-refractivity contribution in [3.05, 3.63) is 23.8 Å². The van der Waals surface area contributed by atoms with E-state index in [4.69, 9.17) is 9.47 Å². The monoisotopic (exact) mass is 318 g/mol. The molecule has 6 heteroatoms. The van der Waals surface area contributed by atoms with Gasteiger partial charge in [0, 0.05) is 5.56 Å². The van der Waals surface area contributed by atoms with Crippen LogP contribution < -0.4 is 9.47 Å². The average Bonchev–Trinajstić information content (AvgIpc) is 2.59. The Morgan fingerprint density at radius 3 is 2.13 bits per heavy atom. The van der Waals surface area contributed by atoms with Crippen molar-refractivity contribution in [2.24, 2.45) is 10.5 Å². The average molecular weight is 318 g/mol. The normalized spacial score (nSPS) is 17.1. The quantitative estimate of drug-likeness (QED) is 0.459. The number of amides is 2. The van der Waals surface area contributed by atoms with Crippen molar-refractivity contribution < 1.29 is 19.1 Å². The van der Waals surface area contributed by atoms with Gasteiger partial charge in [0.15, 0.2) is 11.5 Å². The van der Waals surface area contributed by atoms with Gasteiger partial charge in [0.1, 0.15) is 5.41 Å². The standard InChI is InChI=1S/C17H22N2O4/c1-6-17(7-2)15(20)19(16(17)21)18-11(3)12-8-9-13(22-4)14(10-12)23-5/h8-10H,6-7H2,1-5H3/b18-11+. The molecule has 1 aliphatic rings. The predicted octanol–water partition coefficient (Wildman–Crippen LogP) is 2.60. The fourth-order valence-corrected chi connectivity index (χ4v) is 2.75. The molecule has 0 aromatic heterocycles. The summed E-state index contributed by atoms with van der Waals surface area (Å²) in [5.74, 6) is 0.716. The van der Waals surface area contributed by atoms with Crippen LogP contribution in [0.4, 0.5) is 0 Å². The molecule has 2 rings (SSSR count). The number of hydrogen-bond acceptors (Lipinski definition) is 5. The maximum Gasteiger partial charge on any atom is 0.265 e. The molecule has 1 aliphatic heterocycles. The van der Waals surface area contributed by atoms with Gasteiger partial charge in [-0.1, -0.05) is 13.8 Å². The summed E-state index contributed by atoms with van der Waals surface area (Å²) in [5, 5.41) is 5.16. The van der Waals surface area contributed by atoms with Gasteiger partial charge < -0.3 is 9.47 Å². The minimum absolute atomic E-state index is 0.229. The highest BCUT2D eigenvalue weighted by Crippen LogP contribution is 2.40. The van der Waals surface area contributed by atoms with Crippen LogP contribution in [0, 0.1) is 5.41 Å². The van der Waals surface area contributed by atoms with Crippen molar-refractivity contribution in [3.8, 4) is 11.5 Å². The van der Waals surface area contributed by atoms with Crippen molar-refractivity contribution in [2.75, 3.05) is 14.2 Å². The van der Waals surface area contributed by atoms with Crippen LogP contribution in [0.5, 0.6) is 11.5 Å². The van der Waals surface area contributed by atoms with Crippen molar-refractivity contribution in [2.45, 2.75) is 33.6 Å². The maximum absolute atomic E-state index is 12.3. The third-order valence-electron chi connectivity index (χ3n) is 4.46. The molecule has 6 nitrogen and oxygen atoms in total. The largest absolute Gasteiger partial charge is 0.493 e. The highest BCUT2D eigenvalue weighted by molar-refractivity contribution is 6.22. The third-order valence-corrected chi connectivity index (χ3v) is 4.46. The van der Waals surface area contributed by atoms with Crippen LogP contribution in [0.3, 0.4) is 0 Å². The lowest BCUT2D eigenvalue weighted by atomic mass is 9.74. The molecule has 0 N–H and O–H groups in total. The molecule has 0 saturated carbocycles. The number of imide groups is 1. The minimum Gasteiger partial charge on any atom is -0.493 e. The smallest absolute Gasteiger partial charge is 0.265 e. The number of carbonyl (C=O) groups excluding carboxylic acids is 2. The number of benzene rings is 1. The number of nitrogens with zero attached hydrogens (tertiary/aromatic N) is 2. The van der Waals surface area contributed by atoms with Gasteiger partial charge in [0.2, 0.25) is 0 Å². The zero-order valence-electron chi connectivity index (χ0n) is 14.2. The van der Waals surface area contributed by atoms with Crippen LogP contribution in [-0.2, 0) is 9.59 Å². The molecular weight excluding hydrogens is 296 g/mol. The van der Waals surface area contributed by atoms with Crippen LogP contribution in [-0.4, -0.2) is 36.8 Å². The molecule has 2 amide bonds. The number of hydrazone groups is 1. The van der Waals surface area contributed by atoms with Gasteiger partial charge in [0.25, 0.3) is 11.8 Å². The van der Waals surface area contributed by atoms with Crippen LogP contribution in [0.15, 0.2) is 23.3 Å². The van der Waals surface area contributed by atoms with E-state index < -0.39 is 5.41 Å². The van der Waals surface area contributed by atoms with Crippen molar-refractivity contribution in [1.82, 2.24) is 5.01 Å².